The monoisotopic (exact) mass is 423 g/mol. The first-order valence-electron chi connectivity index (χ1n) is 9.88. The van der Waals surface area contributed by atoms with Crippen LogP contribution in [0, 0.1) is 0 Å². The van der Waals surface area contributed by atoms with Crippen LogP contribution in [-0.4, -0.2) is 42.2 Å². The summed E-state index contributed by atoms with van der Waals surface area (Å²) in [4.78, 5) is 16.4. The van der Waals surface area contributed by atoms with Gasteiger partial charge in [0.2, 0.25) is 0 Å². The van der Waals surface area contributed by atoms with E-state index in [4.69, 9.17) is 9.15 Å². The number of likely N-dealkylation sites (N-methyl/N-ethyl adjacent to an activating group) is 1. The van der Waals surface area contributed by atoms with Crippen LogP contribution in [0.3, 0.4) is 0 Å². The van der Waals surface area contributed by atoms with Gasteiger partial charge in [0, 0.05) is 17.3 Å². The van der Waals surface area contributed by atoms with E-state index in [1.165, 1.54) is 0 Å². The molecule has 1 aliphatic rings. The maximum atomic E-state index is 13.2. The van der Waals surface area contributed by atoms with Crippen LogP contribution in [-0.2, 0) is 4.79 Å². The molecule has 6 nitrogen and oxygen atoms in total. The number of hydrazone groups is 1. The molecule has 4 rings (SSSR count). The largest absolute Gasteiger partial charge is 0.497 e. The van der Waals surface area contributed by atoms with Crippen LogP contribution < -0.4 is 4.74 Å². The number of hydrogen-bond donors (Lipinski definition) is 0. The normalized spacial score (nSPS) is 17.3. The number of furan rings is 1. The number of nitrogens with zero attached hydrogens (tertiary/aromatic N) is 3. The lowest BCUT2D eigenvalue weighted by atomic mass is 10.1. The summed E-state index contributed by atoms with van der Waals surface area (Å²) < 4.78 is 10.8. The SMILES string of the molecule is COc1ccc(C(C)N(C)CC(=O)N2N=C(c3ccco3)CC2c2cccs2)cc1. The first-order chi connectivity index (χ1) is 14.6. The van der Waals surface area contributed by atoms with Crippen molar-refractivity contribution in [2.75, 3.05) is 20.7 Å². The van der Waals surface area contributed by atoms with Gasteiger partial charge in [0.05, 0.1) is 26.0 Å². The fourth-order valence-corrected chi connectivity index (χ4v) is 4.41. The Labute approximate surface area is 180 Å². The lowest BCUT2D eigenvalue weighted by molar-refractivity contribution is -0.134. The second kappa shape index (κ2) is 8.85. The molecule has 2 aromatic heterocycles. The lowest BCUT2D eigenvalue weighted by Gasteiger charge is -2.28. The van der Waals surface area contributed by atoms with Crippen LogP contribution in [0.4, 0.5) is 0 Å². The third kappa shape index (κ3) is 4.17. The summed E-state index contributed by atoms with van der Waals surface area (Å²) in [6.07, 6.45) is 2.28. The maximum absolute atomic E-state index is 13.2. The molecule has 0 bridgehead atoms. The predicted octanol–water partition coefficient (Wildman–Crippen LogP) is 4.72. The molecule has 0 saturated carbocycles. The van der Waals surface area contributed by atoms with E-state index in [0.29, 0.717) is 12.2 Å². The minimum Gasteiger partial charge on any atom is -0.497 e. The zero-order valence-corrected chi connectivity index (χ0v) is 18.1. The van der Waals surface area contributed by atoms with E-state index in [1.807, 2.05) is 59.8 Å². The molecule has 0 fully saturated rings. The number of benzene rings is 1. The number of carbonyl (C=O) groups is 1. The highest BCUT2D eigenvalue weighted by Crippen LogP contribution is 2.35. The summed E-state index contributed by atoms with van der Waals surface area (Å²) in [7, 11) is 3.61. The summed E-state index contributed by atoms with van der Waals surface area (Å²) in [6, 6.07) is 15.7. The van der Waals surface area contributed by atoms with E-state index >= 15 is 0 Å². The fourth-order valence-electron chi connectivity index (χ4n) is 3.59. The molecule has 1 aromatic carbocycles. The van der Waals surface area contributed by atoms with Crippen molar-refractivity contribution in [3.8, 4) is 5.75 Å². The molecule has 0 N–H and O–H groups in total. The number of amides is 1. The number of rotatable bonds is 7. The van der Waals surface area contributed by atoms with Crippen LogP contribution in [0.25, 0.3) is 0 Å². The predicted molar refractivity (Wildman–Crippen MR) is 118 cm³/mol. The first-order valence-corrected chi connectivity index (χ1v) is 10.8. The quantitative estimate of drug-likeness (QED) is 0.552. The van der Waals surface area contributed by atoms with Crippen molar-refractivity contribution in [3.05, 3.63) is 76.4 Å². The minimum atomic E-state index is -0.0951. The van der Waals surface area contributed by atoms with Crippen LogP contribution >= 0.6 is 11.3 Å². The number of carbonyl (C=O) groups excluding carboxylic acids is 1. The van der Waals surface area contributed by atoms with Crippen molar-refractivity contribution < 1.29 is 13.9 Å². The molecule has 0 aliphatic carbocycles. The molecule has 30 heavy (non-hydrogen) atoms. The van der Waals surface area contributed by atoms with Gasteiger partial charge in [-0.3, -0.25) is 9.69 Å². The van der Waals surface area contributed by atoms with Crippen molar-refractivity contribution in [3.63, 3.8) is 0 Å². The van der Waals surface area contributed by atoms with Gasteiger partial charge in [0.15, 0.2) is 0 Å². The third-order valence-corrected chi connectivity index (χ3v) is 6.46. The van der Waals surface area contributed by atoms with Crippen LogP contribution in [0.5, 0.6) is 5.75 Å². The van der Waals surface area contributed by atoms with E-state index in [1.54, 1.807) is 29.7 Å². The average molecular weight is 424 g/mol. The van der Waals surface area contributed by atoms with Gasteiger partial charge in [-0.05, 0) is 55.2 Å². The van der Waals surface area contributed by atoms with E-state index in [0.717, 1.165) is 21.9 Å². The molecule has 2 unspecified atom stereocenters. The Morgan fingerprint density at radius 3 is 2.73 bits per heavy atom. The summed E-state index contributed by atoms with van der Waals surface area (Å²) in [5.41, 5.74) is 1.93. The summed E-state index contributed by atoms with van der Waals surface area (Å²) in [5.74, 6) is 1.50. The molecule has 1 aliphatic heterocycles. The Balaban J connectivity index is 1.50. The van der Waals surface area contributed by atoms with Gasteiger partial charge in [-0.1, -0.05) is 18.2 Å². The number of hydrogen-bond acceptors (Lipinski definition) is 6. The van der Waals surface area contributed by atoms with Gasteiger partial charge >= 0.3 is 0 Å². The van der Waals surface area contributed by atoms with Gasteiger partial charge < -0.3 is 9.15 Å². The Morgan fingerprint density at radius 2 is 2.10 bits per heavy atom. The molecule has 0 spiro atoms. The summed E-state index contributed by atoms with van der Waals surface area (Å²) in [5, 5.41) is 8.30. The highest BCUT2D eigenvalue weighted by molar-refractivity contribution is 7.10. The van der Waals surface area contributed by atoms with Crippen LogP contribution in [0.2, 0.25) is 0 Å². The van der Waals surface area contributed by atoms with Gasteiger partial charge in [-0.15, -0.1) is 11.3 Å². The van der Waals surface area contributed by atoms with Gasteiger partial charge in [0.1, 0.15) is 17.2 Å². The van der Waals surface area contributed by atoms with Crippen LogP contribution in [0.15, 0.2) is 69.7 Å². The fraction of sp³-hybridized carbons (Fsp3) is 0.304. The summed E-state index contributed by atoms with van der Waals surface area (Å²) in [6.45, 7) is 2.36. The molecule has 7 heteroatoms. The lowest BCUT2D eigenvalue weighted by Crippen LogP contribution is -2.37. The van der Waals surface area contributed by atoms with Gasteiger partial charge in [-0.2, -0.15) is 5.10 Å². The zero-order valence-electron chi connectivity index (χ0n) is 17.3. The average Bonchev–Trinajstić information content (AvgIpc) is 3.53. The van der Waals surface area contributed by atoms with E-state index in [9.17, 15) is 4.79 Å². The van der Waals surface area contributed by atoms with Crippen LogP contribution in [0.1, 0.15) is 41.6 Å². The van der Waals surface area contributed by atoms with Crippen molar-refractivity contribution >= 4 is 23.0 Å². The second-order valence-corrected chi connectivity index (χ2v) is 8.34. The minimum absolute atomic E-state index is 0.0298. The number of ether oxygens (including phenoxy) is 1. The molecule has 0 saturated heterocycles. The second-order valence-electron chi connectivity index (χ2n) is 7.36. The summed E-state index contributed by atoms with van der Waals surface area (Å²) >= 11 is 1.64. The zero-order chi connectivity index (χ0) is 21.1. The molecular weight excluding hydrogens is 398 g/mol. The maximum Gasteiger partial charge on any atom is 0.257 e. The first kappa shape index (κ1) is 20.4. The standard InChI is InChI=1S/C23H25N3O3S/c1-16(17-8-10-18(28-3)11-9-17)25(2)15-23(27)26-20(22-7-5-13-30-22)14-19(24-26)21-6-4-12-29-21/h4-13,16,20H,14-15H2,1-3H3. The number of thiophene rings is 1. The molecule has 0 radical (unpaired) electrons. The molecule has 3 aromatic rings. The molecule has 1 amide bonds. The molecule has 156 valence electrons. The Morgan fingerprint density at radius 1 is 1.30 bits per heavy atom. The topological polar surface area (TPSA) is 58.3 Å². The van der Waals surface area contributed by atoms with E-state index < -0.39 is 0 Å². The smallest absolute Gasteiger partial charge is 0.257 e. The van der Waals surface area contributed by atoms with Crippen molar-refractivity contribution in [2.24, 2.45) is 5.10 Å². The Hall–Kier alpha value is -2.90. The van der Waals surface area contributed by atoms with Crippen molar-refractivity contribution in [1.29, 1.82) is 0 Å². The molecular formula is C23H25N3O3S. The Bertz CT molecular complexity index is 997. The highest BCUT2D eigenvalue weighted by Gasteiger charge is 2.35. The molecule has 2 atom stereocenters. The van der Waals surface area contributed by atoms with Crippen molar-refractivity contribution in [1.82, 2.24) is 9.91 Å². The molecule has 3 heterocycles. The van der Waals surface area contributed by atoms with Crippen molar-refractivity contribution in [2.45, 2.75) is 25.4 Å². The van der Waals surface area contributed by atoms with Gasteiger partial charge in [0.25, 0.3) is 5.91 Å². The van der Waals surface area contributed by atoms with Gasteiger partial charge in [-0.25, -0.2) is 5.01 Å². The highest BCUT2D eigenvalue weighted by atomic mass is 32.1. The van der Waals surface area contributed by atoms with E-state index in [-0.39, 0.29) is 24.5 Å². The van der Waals surface area contributed by atoms with E-state index in [2.05, 4.69) is 18.1 Å². The Kier molecular flexibility index (Phi) is 6.01. The third-order valence-electron chi connectivity index (χ3n) is 5.49. The number of methoxy groups -OCH3 is 1.